The van der Waals surface area contributed by atoms with Gasteiger partial charge in [0.2, 0.25) is 10.0 Å². The van der Waals surface area contributed by atoms with Gasteiger partial charge in [-0.15, -0.1) is 0 Å². The summed E-state index contributed by atoms with van der Waals surface area (Å²) in [6.07, 6.45) is 1.92. The fourth-order valence-corrected chi connectivity index (χ4v) is 3.07. The highest BCUT2D eigenvalue weighted by atomic mass is 32.2. The van der Waals surface area contributed by atoms with E-state index in [1.807, 2.05) is 24.3 Å². The van der Waals surface area contributed by atoms with Crippen LogP contribution in [0, 0.1) is 0 Å². The second-order valence-corrected chi connectivity index (χ2v) is 7.73. The van der Waals surface area contributed by atoms with Crippen LogP contribution in [-0.2, 0) is 16.4 Å². The van der Waals surface area contributed by atoms with Crippen LogP contribution in [0.25, 0.3) is 0 Å². The molecule has 23 heavy (non-hydrogen) atoms. The van der Waals surface area contributed by atoms with E-state index >= 15 is 0 Å². The van der Waals surface area contributed by atoms with Crippen LogP contribution >= 0.6 is 0 Å². The zero-order chi connectivity index (χ0) is 17.5. The molecule has 7 nitrogen and oxygen atoms in total. The Morgan fingerprint density at radius 3 is 2.43 bits per heavy atom. The lowest BCUT2D eigenvalue weighted by molar-refractivity contribution is 0.414. The maximum atomic E-state index is 11.3. The van der Waals surface area contributed by atoms with Crippen molar-refractivity contribution in [2.45, 2.75) is 25.8 Å². The van der Waals surface area contributed by atoms with Crippen LogP contribution in [0.5, 0.6) is 5.75 Å². The molecule has 0 fully saturated rings. The molecular formula is C15H26N4O3S. The smallest absolute Gasteiger partial charge is 0.209 e. The second-order valence-electron chi connectivity index (χ2n) is 5.98. The summed E-state index contributed by atoms with van der Waals surface area (Å²) < 4.78 is 30.1. The number of ether oxygens (including phenoxy) is 1. The van der Waals surface area contributed by atoms with Crippen LogP contribution in [0.3, 0.4) is 0 Å². The molecule has 0 atom stereocenters. The average Bonchev–Trinajstić information content (AvgIpc) is 2.43. The number of rotatable bonds is 8. The number of nitrogens with zero attached hydrogens (tertiary/aromatic N) is 1. The van der Waals surface area contributed by atoms with Crippen molar-refractivity contribution in [3.05, 3.63) is 29.8 Å². The predicted octanol–water partition coefficient (Wildman–Crippen LogP) is 0.470. The van der Waals surface area contributed by atoms with Gasteiger partial charge in [-0.3, -0.25) is 4.99 Å². The number of guanidine groups is 1. The number of sulfonamides is 1. The summed E-state index contributed by atoms with van der Waals surface area (Å²) in [5, 5.41) is 3.01. The van der Waals surface area contributed by atoms with Gasteiger partial charge in [-0.25, -0.2) is 13.1 Å². The van der Waals surface area contributed by atoms with Gasteiger partial charge < -0.3 is 15.8 Å². The largest absolute Gasteiger partial charge is 0.497 e. The van der Waals surface area contributed by atoms with Crippen molar-refractivity contribution in [3.63, 3.8) is 0 Å². The number of nitrogens with one attached hydrogen (secondary N) is 2. The van der Waals surface area contributed by atoms with E-state index in [-0.39, 0.29) is 6.54 Å². The lowest BCUT2D eigenvalue weighted by Gasteiger charge is -2.22. The molecule has 0 aliphatic heterocycles. The number of benzene rings is 1. The van der Waals surface area contributed by atoms with Gasteiger partial charge in [0.1, 0.15) is 5.75 Å². The van der Waals surface area contributed by atoms with E-state index in [1.165, 1.54) is 0 Å². The first-order chi connectivity index (χ1) is 10.6. The van der Waals surface area contributed by atoms with Crippen molar-refractivity contribution in [2.24, 2.45) is 10.7 Å². The van der Waals surface area contributed by atoms with E-state index in [0.717, 1.165) is 24.0 Å². The molecule has 0 aromatic heterocycles. The lowest BCUT2D eigenvalue weighted by atomic mass is 10.1. The first-order valence-electron chi connectivity index (χ1n) is 7.27. The molecule has 0 saturated heterocycles. The molecule has 0 amide bonds. The standard InChI is InChI=1S/C15H26N4O3S/c1-15(2,19-23(4,20)21)11-18-14(16)17-10-9-12-5-7-13(22-3)8-6-12/h5-8,19H,9-11H2,1-4H3,(H3,16,17,18). The highest BCUT2D eigenvalue weighted by molar-refractivity contribution is 7.88. The van der Waals surface area contributed by atoms with Crippen molar-refractivity contribution in [3.8, 4) is 5.75 Å². The van der Waals surface area contributed by atoms with Gasteiger partial charge in [0.15, 0.2) is 5.96 Å². The van der Waals surface area contributed by atoms with Crippen molar-refractivity contribution in [1.82, 2.24) is 10.0 Å². The quantitative estimate of drug-likeness (QED) is 0.470. The molecule has 1 aromatic carbocycles. The van der Waals surface area contributed by atoms with Gasteiger partial charge in [0.05, 0.1) is 19.9 Å². The number of hydrogen-bond donors (Lipinski definition) is 3. The van der Waals surface area contributed by atoms with Gasteiger partial charge in [0.25, 0.3) is 0 Å². The van der Waals surface area contributed by atoms with Crippen LogP contribution in [0.1, 0.15) is 19.4 Å². The number of aliphatic imine (C=N–C) groups is 1. The Bertz CT molecular complexity index is 625. The molecule has 1 rings (SSSR count). The third-order valence-corrected chi connectivity index (χ3v) is 3.91. The molecule has 1 aromatic rings. The Balaban J connectivity index is 2.41. The average molecular weight is 342 g/mol. The number of methoxy groups -OCH3 is 1. The van der Waals surface area contributed by atoms with Crippen molar-refractivity contribution >= 4 is 16.0 Å². The molecule has 0 heterocycles. The van der Waals surface area contributed by atoms with Crippen LogP contribution in [0.4, 0.5) is 0 Å². The number of nitrogens with two attached hydrogens (primary N) is 1. The molecule has 8 heteroatoms. The topological polar surface area (TPSA) is 106 Å². The summed E-state index contributed by atoms with van der Waals surface area (Å²) in [5.74, 6) is 1.12. The van der Waals surface area contributed by atoms with Crippen molar-refractivity contribution in [1.29, 1.82) is 0 Å². The summed E-state index contributed by atoms with van der Waals surface area (Å²) in [7, 11) is -1.65. The Morgan fingerprint density at radius 2 is 1.91 bits per heavy atom. The van der Waals surface area contributed by atoms with Crippen molar-refractivity contribution < 1.29 is 13.2 Å². The third kappa shape index (κ3) is 8.41. The fraction of sp³-hybridized carbons (Fsp3) is 0.533. The SMILES string of the molecule is COc1ccc(CCNC(N)=NCC(C)(C)NS(C)(=O)=O)cc1. The maximum absolute atomic E-state index is 11.3. The highest BCUT2D eigenvalue weighted by Gasteiger charge is 2.21. The molecule has 0 radical (unpaired) electrons. The summed E-state index contributed by atoms with van der Waals surface area (Å²) in [6, 6.07) is 7.80. The van der Waals surface area contributed by atoms with Gasteiger partial charge >= 0.3 is 0 Å². The van der Waals surface area contributed by atoms with Gasteiger partial charge in [-0.1, -0.05) is 12.1 Å². The molecule has 0 saturated carbocycles. The van der Waals surface area contributed by atoms with E-state index in [0.29, 0.717) is 12.5 Å². The van der Waals surface area contributed by atoms with E-state index < -0.39 is 15.6 Å². The molecule has 0 unspecified atom stereocenters. The first kappa shape index (κ1) is 19.2. The molecule has 130 valence electrons. The van der Waals surface area contributed by atoms with E-state index in [2.05, 4.69) is 15.0 Å². The summed E-state index contributed by atoms with van der Waals surface area (Å²) in [5.41, 5.74) is 6.27. The summed E-state index contributed by atoms with van der Waals surface area (Å²) in [4.78, 5) is 4.17. The normalized spacial score (nSPS) is 13.0. The molecule has 0 aliphatic rings. The molecular weight excluding hydrogens is 316 g/mol. The Labute approximate surface area is 138 Å². The zero-order valence-corrected chi connectivity index (χ0v) is 14.9. The van der Waals surface area contributed by atoms with Gasteiger partial charge in [0, 0.05) is 12.1 Å². The van der Waals surface area contributed by atoms with E-state index in [1.54, 1.807) is 21.0 Å². The van der Waals surface area contributed by atoms with Gasteiger partial charge in [-0.2, -0.15) is 0 Å². The molecule has 0 aliphatic carbocycles. The Kier molecular flexibility index (Phi) is 6.83. The van der Waals surface area contributed by atoms with Crippen LogP contribution in [0.2, 0.25) is 0 Å². The minimum atomic E-state index is -3.28. The van der Waals surface area contributed by atoms with Crippen LogP contribution in [-0.4, -0.2) is 46.4 Å². The monoisotopic (exact) mass is 342 g/mol. The van der Waals surface area contributed by atoms with Crippen LogP contribution in [0.15, 0.2) is 29.3 Å². The van der Waals surface area contributed by atoms with Crippen LogP contribution < -0.4 is 20.5 Å². The Morgan fingerprint density at radius 1 is 1.30 bits per heavy atom. The fourth-order valence-electron chi connectivity index (χ4n) is 2.00. The molecule has 0 bridgehead atoms. The minimum Gasteiger partial charge on any atom is -0.497 e. The maximum Gasteiger partial charge on any atom is 0.209 e. The molecule has 0 spiro atoms. The lowest BCUT2D eigenvalue weighted by Crippen LogP contribution is -2.46. The van der Waals surface area contributed by atoms with E-state index in [4.69, 9.17) is 10.5 Å². The highest BCUT2D eigenvalue weighted by Crippen LogP contribution is 2.11. The number of hydrogen-bond acceptors (Lipinski definition) is 4. The third-order valence-electron chi connectivity index (χ3n) is 2.99. The van der Waals surface area contributed by atoms with Crippen molar-refractivity contribution in [2.75, 3.05) is 26.5 Å². The van der Waals surface area contributed by atoms with Gasteiger partial charge in [-0.05, 0) is 38.0 Å². The van der Waals surface area contributed by atoms with E-state index in [9.17, 15) is 8.42 Å². The zero-order valence-electron chi connectivity index (χ0n) is 14.1. The molecule has 4 N–H and O–H groups in total. The first-order valence-corrected chi connectivity index (χ1v) is 9.16. The minimum absolute atomic E-state index is 0.251. The predicted molar refractivity (Wildman–Crippen MR) is 93.2 cm³/mol. The summed E-state index contributed by atoms with van der Waals surface area (Å²) in [6.45, 7) is 4.40. The Hall–Kier alpha value is -1.80. The summed E-state index contributed by atoms with van der Waals surface area (Å²) >= 11 is 0. The second kappa shape index (κ2) is 8.16.